The van der Waals surface area contributed by atoms with Gasteiger partial charge in [-0.15, -0.1) is 0 Å². The SMILES string of the molecule is CCCCCCn1c(-c2ccc(Cl)c(Cl)c2)nc2cc(C(=O)NCc3cccc(OC)c3OC)ccc21. The molecule has 0 radical (unpaired) electrons. The molecule has 4 aromatic rings. The van der Waals surface area contributed by atoms with Crippen LogP contribution in [0.15, 0.2) is 54.6 Å². The summed E-state index contributed by atoms with van der Waals surface area (Å²) < 4.78 is 13.0. The summed E-state index contributed by atoms with van der Waals surface area (Å²) in [5.41, 5.74) is 3.98. The minimum atomic E-state index is -0.194. The number of imidazole rings is 1. The number of amides is 1. The van der Waals surface area contributed by atoms with Gasteiger partial charge in [0.2, 0.25) is 0 Å². The van der Waals surface area contributed by atoms with Crippen LogP contribution in [-0.4, -0.2) is 29.7 Å². The highest BCUT2D eigenvalue weighted by Crippen LogP contribution is 2.32. The first-order valence-corrected chi connectivity index (χ1v) is 13.2. The Hall–Kier alpha value is -3.22. The molecule has 0 aliphatic rings. The number of ether oxygens (including phenoxy) is 2. The smallest absolute Gasteiger partial charge is 0.251 e. The van der Waals surface area contributed by atoms with Crippen LogP contribution in [0.4, 0.5) is 0 Å². The maximum atomic E-state index is 13.1. The largest absolute Gasteiger partial charge is 0.493 e. The Morgan fingerprint density at radius 3 is 2.54 bits per heavy atom. The molecule has 194 valence electrons. The molecule has 0 unspecified atom stereocenters. The number of halogens is 2. The lowest BCUT2D eigenvalue weighted by Crippen LogP contribution is -2.23. The first kappa shape index (κ1) is 26.8. The van der Waals surface area contributed by atoms with Gasteiger partial charge in [0.15, 0.2) is 11.5 Å². The minimum absolute atomic E-state index is 0.194. The minimum Gasteiger partial charge on any atom is -0.493 e. The van der Waals surface area contributed by atoms with E-state index in [4.69, 9.17) is 37.7 Å². The lowest BCUT2D eigenvalue weighted by molar-refractivity contribution is 0.0950. The number of nitrogens with zero attached hydrogens (tertiary/aromatic N) is 2. The Balaban J connectivity index is 1.62. The lowest BCUT2D eigenvalue weighted by atomic mass is 10.1. The van der Waals surface area contributed by atoms with E-state index in [1.807, 2.05) is 48.5 Å². The van der Waals surface area contributed by atoms with Crippen molar-refractivity contribution < 1.29 is 14.3 Å². The molecule has 0 fully saturated rings. The van der Waals surface area contributed by atoms with E-state index in [9.17, 15) is 4.79 Å². The van der Waals surface area contributed by atoms with Gasteiger partial charge in [-0.1, -0.05) is 61.5 Å². The summed E-state index contributed by atoms with van der Waals surface area (Å²) in [5, 5.41) is 3.97. The molecule has 6 nitrogen and oxygen atoms in total. The van der Waals surface area contributed by atoms with Crippen molar-refractivity contribution in [3.05, 3.63) is 75.8 Å². The van der Waals surface area contributed by atoms with E-state index in [2.05, 4.69) is 16.8 Å². The summed E-state index contributed by atoms with van der Waals surface area (Å²) in [7, 11) is 3.17. The van der Waals surface area contributed by atoms with E-state index in [-0.39, 0.29) is 5.91 Å². The number of methoxy groups -OCH3 is 2. The normalized spacial score (nSPS) is 11.1. The third kappa shape index (κ3) is 6.03. The van der Waals surface area contributed by atoms with Crippen molar-refractivity contribution >= 4 is 40.1 Å². The summed E-state index contributed by atoms with van der Waals surface area (Å²) in [4.78, 5) is 18.0. The van der Waals surface area contributed by atoms with Crippen LogP contribution in [-0.2, 0) is 13.1 Å². The second-order valence-electron chi connectivity index (χ2n) is 8.82. The quantitative estimate of drug-likeness (QED) is 0.200. The van der Waals surface area contributed by atoms with Crippen LogP contribution >= 0.6 is 23.2 Å². The standard InChI is InChI=1S/C29H31Cl2N3O3/c1-4-5-6-7-15-34-25-14-12-20(17-24(25)33-28(34)19-11-13-22(30)23(31)16-19)29(35)32-18-21-9-8-10-26(36-2)27(21)37-3/h8-14,16-17H,4-7,15,18H2,1-3H3,(H,32,35). The van der Waals surface area contributed by atoms with Crippen molar-refractivity contribution in [2.75, 3.05) is 14.2 Å². The Morgan fingerprint density at radius 1 is 0.973 bits per heavy atom. The summed E-state index contributed by atoms with van der Waals surface area (Å²) in [5.74, 6) is 1.84. The topological polar surface area (TPSA) is 65.4 Å². The Kier molecular flexibility index (Phi) is 8.95. The molecule has 1 aromatic heterocycles. The molecule has 0 saturated heterocycles. The average molecular weight is 540 g/mol. The first-order valence-electron chi connectivity index (χ1n) is 12.4. The molecule has 0 atom stereocenters. The molecule has 1 N–H and O–H groups in total. The molecule has 0 spiro atoms. The van der Waals surface area contributed by atoms with Crippen molar-refractivity contribution in [2.24, 2.45) is 0 Å². The number of benzene rings is 3. The van der Waals surface area contributed by atoms with E-state index in [0.717, 1.165) is 47.4 Å². The molecule has 0 saturated carbocycles. The van der Waals surface area contributed by atoms with Crippen molar-refractivity contribution in [1.29, 1.82) is 0 Å². The summed E-state index contributed by atoms with van der Waals surface area (Å²) in [6, 6.07) is 16.8. The third-order valence-corrected chi connectivity index (χ3v) is 7.09. The number of rotatable bonds is 11. The predicted molar refractivity (Wildman–Crippen MR) is 150 cm³/mol. The van der Waals surface area contributed by atoms with Crippen molar-refractivity contribution in [3.8, 4) is 22.9 Å². The van der Waals surface area contributed by atoms with Gasteiger partial charge >= 0.3 is 0 Å². The molecule has 3 aromatic carbocycles. The molecular weight excluding hydrogens is 509 g/mol. The van der Waals surface area contributed by atoms with Crippen LogP contribution in [0, 0.1) is 0 Å². The van der Waals surface area contributed by atoms with Gasteiger partial charge in [-0.2, -0.15) is 0 Å². The highest BCUT2D eigenvalue weighted by atomic mass is 35.5. The maximum absolute atomic E-state index is 13.1. The third-order valence-electron chi connectivity index (χ3n) is 6.35. The number of carbonyl (C=O) groups excluding carboxylic acids is 1. The van der Waals surface area contributed by atoms with Gasteiger partial charge in [-0.3, -0.25) is 4.79 Å². The van der Waals surface area contributed by atoms with E-state index in [0.29, 0.717) is 33.7 Å². The molecule has 4 rings (SSSR count). The fraction of sp³-hybridized carbons (Fsp3) is 0.310. The van der Waals surface area contributed by atoms with Gasteiger partial charge in [-0.25, -0.2) is 4.98 Å². The predicted octanol–water partition coefficient (Wildman–Crippen LogP) is 7.54. The monoisotopic (exact) mass is 539 g/mol. The second kappa shape index (κ2) is 12.3. The van der Waals surface area contributed by atoms with Crippen molar-refractivity contribution in [2.45, 2.75) is 45.7 Å². The molecule has 8 heteroatoms. The zero-order valence-electron chi connectivity index (χ0n) is 21.3. The van der Waals surface area contributed by atoms with Gasteiger partial charge in [0.05, 0.1) is 35.3 Å². The molecule has 0 aliphatic heterocycles. The molecule has 37 heavy (non-hydrogen) atoms. The number of aromatic nitrogens is 2. The van der Waals surface area contributed by atoms with E-state index < -0.39 is 0 Å². The highest BCUT2D eigenvalue weighted by molar-refractivity contribution is 6.42. The molecule has 0 aliphatic carbocycles. The van der Waals surface area contributed by atoms with Gasteiger partial charge in [0.25, 0.3) is 5.91 Å². The number of fused-ring (bicyclic) bond motifs is 1. The molecule has 1 heterocycles. The van der Waals surface area contributed by atoms with Crippen LogP contribution < -0.4 is 14.8 Å². The number of para-hydroxylation sites is 1. The molecular formula is C29H31Cl2N3O3. The number of hydrogen-bond donors (Lipinski definition) is 1. The number of hydrogen-bond acceptors (Lipinski definition) is 4. The van der Waals surface area contributed by atoms with Crippen molar-refractivity contribution in [3.63, 3.8) is 0 Å². The van der Waals surface area contributed by atoms with Crippen molar-refractivity contribution in [1.82, 2.24) is 14.9 Å². The number of nitrogens with one attached hydrogen (secondary N) is 1. The van der Waals surface area contributed by atoms with Gasteiger partial charge < -0.3 is 19.4 Å². The van der Waals surface area contributed by atoms with Gasteiger partial charge in [-0.05, 0) is 48.9 Å². The lowest BCUT2D eigenvalue weighted by Gasteiger charge is -2.13. The van der Waals surface area contributed by atoms with Crippen LogP contribution in [0.5, 0.6) is 11.5 Å². The van der Waals surface area contributed by atoms with Gasteiger partial charge in [0.1, 0.15) is 5.82 Å². The Morgan fingerprint density at radius 2 is 1.81 bits per heavy atom. The van der Waals surface area contributed by atoms with Crippen LogP contribution in [0.25, 0.3) is 22.4 Å². The van der Waals surface area contributed by atoms with E-state index >= 15 is 0 Å². The number of aryl methyl sites for hydroxylation is 1. The molecule has 1 amide bonds. The highest BCUT2D eigenvalue weighted by Gasteiger charge is 2.17. The van der Waals surface area contributed by atoms with Gasteiger partial charge in [0, 0.05) is 29.8 Å². The number of carbonyl (C=O) groups is 1. The fourth-order valence-electron chi connectivity index (χ4n) is 4.42. The van der Waals surface area contributed by atoms with E-state index in [1.54, 1.807) is 20.3 Å². The fourth-order valence-corrected chi connectivity index (χ4v) is 4.72. The van der Waals surface area contributed by atoms with E-state index in [1.165, 1.54) is 12.8 Å². The summed E-state index contributed by atoms with van der Waals surface area (Å²) >= 11 is 12.5. The van der Waals surface area contributed by atoms with Crippen LogP contribution in [0.1, 0.15) is 48.5 Å². The Labute approximate surface area is 227 Å². The maximum Gasteiger partial charge on any atom is 0.251 e. The van der Waals surface area contributed by atoms with Crippen LogP contribution in [0.2, 0.25) is 10.0 Å². The number of unbranched alkanes of at least 4 members (excludes halogenated alkanes) is 3. The zero-order chi connectivity index (χ0) is 26.4. The van der Waals surface area contributed by atoms with Crippen LogP contribution in [0.3, 0.4) is 0 Å². The molecule has 0 bridgehead atoms. The Bertz CT molecular complexity index is 1400. The summed E-state index contributed by atoms with van der Waals surface area (Å²) in [6.45, 7) is 3.33. The first-order chi connectivity index (χ1) is 18.0. The zero-order valence-corrected chi connectivity index (χ0v) is 22.8. The summed E-state index contributed by atoms with van der Waals surface area (Å²) in [6.07, 6.45) is 4.55. The average Bonchev–Trinajstić information content (AvgIpc) is 3.28. The second-order valence-corrected chi connectivity index (χ2v) is 9.63.